The molecule has 1 unspecified atom stereocenters. The maximum absolute atomic E-state index is 8.59. The van der Waals surface area contributed by atoms with Crippen LogP contribution < -0.4 is 10.5 Å². The van der Waals surface area contributed by atoms with E-state index in [2.05, 4.69) is 19.0 Å². The van der Waals surface area contributed by atoms with Gasteiger partial charge in [-0.2, -0.15) is 0 Å². The minimum atomic E-state index is 0.0945. The van der Waals surface area contributed by atoms with Crippen LogP contribution in [0.15, 0.2) is 29.4 Å². The van der Waals surface area contributed by atoms with Crippen LogP contribution in [0.5, 0.6) is 5.75 Å². The zero-order valence-electron chi connectivity index (χ0n) is 10.4. The average Bonchev–Trinajstić information content (AvgIpc) is 2.36. The van der Waals surface area contributed by atoms with Crippen molar-refractivity contribution in [1.29, 1.82) is 0 Å². The van der Waals surface area contributed by atoms with E-state index in [1.165, 1.54) is 0 Å². The van der Waals surface area contributed by atoms with Crippen molar-refractivity contribution in [2.24, 2.45) is 16.8 Å². The maximum atomic E-state index is 8.59. The molecular formula is C13H20N2O2. The third-order valence-corrected chi connectivity index (χ3v) is 2.55. The summed E-state index contributed by atoms with van der Waals surface area (Å²) in [5, 5.41) is 11.6. The second-order valence-corrected chi connectivity index (χ2v) is 4.22. The van der Waals surface area contributed by atoms with Crippen LogP contribution in [0.2, 0.25) is 0 Å². The third-order valence-electron chi connectivity index (χ3n) is 2.55. The molecule has 4 heteroatoms. The molecule has 0 aromatic heterocycles. The number of nitrogens with zero attached hydrogens (tertiary/aromatic N) is 1. The standard InChI is InChI=1S/C13H20N2O2/c1-3-5-10(2)9-17-12-7-4-6-11(8-12)13(14)15-16/h4,6-8,10,16H,3,5,9H2,1-2H3,(H2,14,15). The summed E-state index contributed by atoms with van der Waals surface area (Å²) in [7, 11) is 0. The second-order valence-electron chi connectivity index (χ2n) is 4.22. The van der Waals surface area contributed by atoms with E-state index in [0.717, 1.165) is 18.6 Å². The fraction of sp³-hybridized carbons (Fsp3) is 0.462. The Kier molecular flexibility index (Phi) is 5.33. The number of oxime groups is 1. The maximum Gasteiger partial charge on any atom is 0.170 e. The summed E-state index contributed by atoms with van der Waals surface area (Å²) >= 11 is 0. The summed E-state index contributed by atoms with van der Waals surface area (Å²) in [4.78, 5) is 0. The van der Waals surface area contributed by atoms with Crippen molar-refractivity contribution in [3.05, 3.63) is 29.8 Å². The molecule has 0 saturated carbocycles. The lowest BCUT2D eigenvalue weighted by atomic mass is 10.1. The molecule has 1 atom stereocenters. The van der Waals surface area contributed by atoms with Crippen LogP contribution in [0.25, 0.3) is 0 Å². The fourth-order valence-electron chi connectivity index (χ4n) is 1.62. The number of hydrogen-bond donors (Lipinski definition) is 2. The lowest BCUT2D eigenvalue weighted by molar-refractivity contribution is 0.251. The number of rotatable bonds is 6. The normalized spacial score (nSPS) is 13.4. The van der Waals surface area contributed by atoms with Gasteiger partial charge in [0.25, 0.3) is 0 Å². The molecule has 0 bridgehead atoms. The monoisotopic (exact) mass is 236 g/mol. The van der Waals surface area contributed by atoms with Gasteiger partial charge in [-0.25, -0.2) is 0 Å². The van der Waals surface area contributed by atoms with Crippen LogP contribution in [0.3, 0.4) is 0 Å². The minimum absolute atomic E-state index is 0.0945. The van der Waals surface area contributed by atoms with Crippen molar-refractivity contribution >= 4 is 5.84 Å². The van der Waals surface area contributed by atoms with Gasteiger partial charge in [-0.1, -0.05) is 37.6 Å². The molecule has 4 nitrogen and oxygen atoms in total. The molecule has 3 N–H and O–H groups in total. The highest BCUT2D eigenvalue weighted by atomic mass is 16.5. The van der Waals surface area contributed by atoms with Crippen LogP contribution in [0.4, 0.5) is 0 Å². The van der Waals surface area contributed by atoms with Crippen molar-refractivity contribution in [3.63, 3.8) is 0 Å². The number of amidine groups is 1. The van der Waals surface area contributed by atoms with E-state index in [9.17, 15) is 0 Å². The zero-order chi connectivity index (χ0) is 12.7. The van der Waals surface area contributed by atoms with Crippen LogP contribution in [0, 0.1) is 5.92 Å². The largest absolute Gasteiger partial charge is 0.493 e. The number of benzene rings is 1. The van der Waals surface area contributed by atoms with Gasteiger partial charge in [0.15, 0.2) is 5.84 Å². The summed E-state index contributed by atoms with van der Waals surface area (Å²) in [5.74, 6) is 1.38. The highest BCUT2D eigenvalue weighted by Crippen LogP contribution is 2.15. The van der Waals surface area contributed by atoms with E-state index in [-0.39, 0.29) is 5.84 Å². The molecule has 0 spiro atoms. The Bertz CT molecular complexity index is 377. The molecule has 0 aliphatic carbocycles. The lowest BCUT2D eigenvalue weighted by Gasteiger charge is -2.12. The van der Waals surface area contributed by atoms with Crippen LogP contribution in [-0.2, 0) is 0 Å². The van der Waals surface area contributed by atoms with E-state index in [0.29, 0.717) is 18.1 Å². The van der Waals surface area contributed by atoms with Crippen LogP contribution in [-0.4, -0.2) is 17.6 Å². The van der Waals surface area contributed by atoms with Gasteiger partial charge in [0.2, 0.25) is 0 Å². The van der Waals surface area contributed by atoms with Crippen molar-refractivity contribution in [1.82, 2.24) is 0 Å². The Morgan fingerprint density at radius 3 is 2.94 bits per heavy atom. The molecule has 0 amide bonds. The Balaban J connectivity index is 2.60. The van der Waals surface area contributed by atoms with Gasteiger partial charge in [-0.3, -0.25) is 0 Å². The minimum Gasteiger partial charge on any atom is -0.493 e. The SMILES string of the molecule is CCCC(C)COc1cccc(C(N)=NO)c1. The van der Waals surface area contributed by atoms with Crippen LogP contribution in [0.1, 0.15) is 32.3 Å². The molecule has 0 radical (unpaired) electrons. The Morgan fingerprint density at radius 2 is 2.29 bits per heavy atom. The van der Waals surface area contributed by atoms with Crippen molar-refractivity contribution < 1.29 is 9.94 Å². The predicted octanol–water partition coefficient (Wildman–Crippen LogP) is 2.60. The molecule has 0 fully saturated rings. The highest BCUT2D eigenvalue weighted by Gasteiger charge is 2.04. The number of nitrogens with two attached hydrogens (primary N) is 1. The molecule has 1 aromatic rings. The van der Waals surface area contributed by atoms with E-state index in [1.54, 1.807) is 12.1 Å². The summed E-state index contributed by atoms with van der Waals surface area (Å²) in [5.41, 5.74) is 6.17. The zero-order valence-corrected chi connectivity index (χ0v) is 10.4. The van der Waals surface area contributed by atoms with E-state index in [4.69, 9.17) is 15.7 Å². The van der Waals surface area contributed by atoms with Gasteiger partial charge in [0.1, 0.15) is 5.75 Å². The first-order valence-electron chi connectivity index (χ1n) is 5.88. The van der Waals surface area contributed by atoms with Gasteiger partial charge < -0.3 is 15.7 Å². The molecule has 0 aliphatic rings. The first-order valence-corrected chi connectivity index (χ1v) is 5.88. The molecule has 0 aliphatic heterocycles. The van der Waals surface area contributed by atoms with Gasteiger partial charge in [0.05, 0.1) is 6.61 Å². The quantitative estimate of drug-likeness (QED) is 0.345. The summed E-state index contributed by atoms with van der Waals surface area (Å²) < 4.78 is 5.66. The molecule has 0 saturated heterocycles. The molecule has 94 valence electrons. The fourth-order valence-corrected chi connectivity index (χ4v) is 1.62. The van der Waals surface area contributed by atoms with Crippen LogP contribution >= 0.6 is 0 Å². The summed E-state index contributed by atoms with van der Waals surface area (Å²) in [6, 6.07) is 7.24. The Morgan fingerprint density at radius 1 is 1.53 bits per heavy atom. The van der Waals surface area contributed by atoms with Gasteiger partial charge in [-0.15, -0.1) is 0 Å². The van der Waals surface area contributed by atoms with Gasteiger partial charge >= 0.3 is 0 Å². The molecular weight excluding hydrogens is 216 g/mol. The predicted molar refractivity (Wildman–Crippen MR) is 68.5 cm³/mol. The third kappa shape index (κ3) is 4.34. The van der Waals surface area contributed by atoms with E-state index in [1.807, 2.05) is 12.1 Å². The first-order chi connectivity index (χ1) is 8.17. The Hall–Kier alpha value is -1.71. The van der Waals surface area contributed by atoms with Crippen molar-refractivity contribution in [3.8, 4) is 5.75 Å². The smallest absolute Gasteiger partial charge is 0.170 e. The topological polar surface area (TPSA) is 67.8 Å². The first kappa shape index (κ1) is 13.4. The second kappa shape index (κ2) is 6.78. The average molecular weight is 236 g/mol. The number of ether oxygens (including phenoxy) is 1. The van der Waals surface area contributed by atoms with E-state index < -0.39 is 0 Å². The molecule has 0 heterocycles. The molecule has 17 heavy (non-hydrogen) atoms. The van der Waals surface area contributed by atoms with Gasteiger partial charge in [-0.05, 0) is 24.5 Å². The van der Waals surface area contributed by atoms with E-state index >= 15 is 0 Å². The lowest BCUT2D eigenvalue weighted by Crippen LogP contribution is -2.13. The Labute approximate surface area is 102 Å². The summed E-state index contributed by atoms with van der Waals surface area (Å²) in [6.07, 6.45) is 2.31. The molecule has 1 aromatic carbocycles. The van der Waals surface area contributed by atoms with Crippen molar-refractivity contribution in [2.45, 2.75) is 26.7 Å². The summed E-state index contributed by atoms with van der Waals surface area (Å²) in [6.45, 7) is 5.01. The van der Waals surface area contributed by atoms with Gasteiger partial charge in [0, 0.05) is 5.56 Å². The number of hydrogen-bond acceptors (Lipinski definition) is 3. The molecule has 1 rings (SSSR count). The van der Waals surface area contributed by atoms with Crippen molar-refractivity contribution in [2.75, 3.05) is 6.61 Å². The highest BCUT2D eigenvalue weighted by molar-refractivity contribution is 5.97.